The molecular weight excluding hydrogens is 436 g/mol. The Balaban J connectivity index is 1.82. The van der Waals surface area contributed by atoms with E-state index in [1.165, 1.54) is 0 Å². The van der Waals surface area contributed by atoms with Gasteiger partial charge in [0.2, 0.25) is 11.8 Å². The number of rotatable bonds is 7. The van der Waals surface area contributed by atoms with Crippen molar-refractivity contribution in [3.05, 3.63) is 24.3 Å². The van der Waals surface area contributed by atoms with Crippen molar-refractivity contribution in [1.29, 1.82) is 0 Å². The Kier molecular flexibility index (Phi) is 7.20. The summed E-state index contributed by atoms with van der Waals surface area (Å²) in [5.41, 5.74) is -2.22. The lowest BCUT2D eigenvalue weighted by atomic mass is 9.73. The predicted octanol–water partition coefficient (Wildman–Crippen LogP) is 2.21. The third-order valence-corrected chi connectivity index (χ3v) is 7.84. The maximum Gasteiger partial charge on any atom is 0.313 e. The topological polar surface area (TPSA) is 96.4 Å². The van der Waals surface area contributed by atoms with Crippen LogP contribution in [0.2, 0.25) is 0 Å². The number of allylic oxidation sites excluding steroid dienone is 1. The van der Waals surface area contributed by atoms with Crippen molar-refractivity contribution in [2.45, 2.75) is 82.6 Å². The Hall–Kier alpha value is -2.19. The fraction of sp³-hybridized carbons (Fsp3) is 0.731. The second kappa shape index (κ2) is 9.82. The van der Waals surface area contributed by atoms with Crippen LogP contribution >= 0.6 is 0 Å². The summed E-state index contributed by atoms with van der Waals surface area (Å²) in [6, 6.07) is -0.873. The molecule has 4 aliphatic heterocycles. The molecule has 4 heterocycles. The fourth-order valence-corrected chi connectivity index (χ4v) is 6.17. The number of ether oxygens (including phenoxy) is 2. The van der Waals surface area contributed by atoms with Crippen LogP contribution in [0.4, 0.5) is 0 Å². The van der Waals surface area contributed by atoms with E-state index in [0.29, 0.717) is 39.0 Å². The van der Waals surface area contributed by atoms with E-state index in [2.05, 4.69) is 0 Å². The second-order valence-corrected chi connectivity index (χ2v) is 10.1. The normalized spacial score (nSPS) is 36.4. The molecule has 4 rings (SSSR count). The zero-order valence-corrected chi connectivity index (χ0v) is 20.6. The van der Waals surface area contributed by atoms with E-state index in [9.17, 15) is 14.4 Å². The Bertz CT molecular complexity index is 869. The SMILES string of the molecule is CC[C@@]12/C=C\CCCOC(=O)[C@@H]1[C@H]1C(=O)N(CCCCCO)C3C(=O)N(C(C)C)CC=C[C@@]31O2. The number of hydrogen-bond acceptors (Lipinski definition) is 6. The lowest BCUT2D eigenvalue weighted by Gasteiger charge is -2.39. The highest BCUT2D eigenvalue weighted by atomic mass is 16.6. The van der Waals surface area contributed by atoms with Gasteiger partial charge < -0.3 is 24.4 Å². The van der Waals surface area contributed by atoms with E-state index in [1.54, 1.807) is 9.80 Å². The summed E-state index contributed by atoms with van der Waals surface area (Å²) >= 11 is 0. The molecule has 0 aromatic heterocycles. The third-order valence-electron chi connectivity index (χ3n) is 7.84. The molecule has 5 atom stereocenters. The molecule has 4 aliphatic rings. The Morgan fingerprint density at radius 1 is 1.09 bits per heavy atom. The average molecular weight is 475 g/mol. The van der Waals surface area contributed by atoms with Gasteiger partial charge in [-0.15, -0.1) is 0 Å². The van der Waals surface area contributed by atoms with E-state index >= 15 is 0 Å². The van der Waals surface area contributed by atoms with E-state index in [0.717, 1.165) is 19.3 Å². The summed E-state index contributed by atoms with van der Waals surface area (Å²) in [4.78, 5) is 44.8. The smallest absolute Gasteiger partial charge is 0.313 e. The minimum absolute atomic E-state index is 0.0405. The van der Waals surface area contributed by atoms with E-state index in [-0.39, 0.29) is 24.5 Å². The van der Waals surface area contributed by atoms with Crippen molar-refractivity contribution < 1.29 is 29.0 Å². The number of likely N-dealkylation sites (tertiary alicyclic amines) is 1. The molecular formula is C26H38N2O6. The molecule has 0 radical (unpaired) electrons. The van der Waals surface area contributed by atoms with E-state index in [4.69, 9.17) is 14.6 Å². The zero-order valence-electron chi connectivity index (χ0n) is 20.6. The summed E-state index contributed by atoms with van der Waals surface area (Å²) in [5.74, 6) is -2.42. The summed E-state index contributed by atoms with van der Waals surface area (Å²) in [6.45, 7) is 7.09. The van der Waals surface area contributed by atoms with Crippen molar-refractivity contribution in [2.75, 3.05) is 26.3 Å². The average Bonchev–Trinajstić information content (AvgIpc) is 3.18. The third kappa shape index (κ3) is 3.88. The molecule has 1 unspecified atom stereocenters. The molecule has 0 bridgehead atoms. The summed E-state index contributed by atoms with van der Waals surface area (Å²) in [6.07, 6.45) is 11.8. The van der Waals surface area contributed by atoms with Crippen LogP contribution < -0.4 is 0 Å². The van der Waals surface area contributed by atoms with Crippen molar-refractivity contribution in [1.82, 2.24) is 9.80 Å². The summed E-state index contributed by atoms with van der Waals surface area (Å²) in [7, 11) is 0. The highest BCUT2D eigenvalue weighted by Crippen LogP contribution is 2.58. The number of unbranched alkanes of at least 4 members (excludes halogenated alkanes) is 2. The van der Waals surface area contributed by atoms with Crippen LogP contribution in [0, 0.1) is 11.8 Å². The molecule has 8 nitrogen and oxygen atoms in total. The largest absolute Gasteiger partial charge is 0.465 e. The van der Waals surface area contributed by atoms with Crippen LogP contribution in [0.3, 0.4) is 0 Å². The molecule has 0 aromatic rings. The summed E-state index contributed by atoms with van der Waals surface area (Å²) in [5, 5.41) is 9.16. The minimum Gasteiger partial charge on any atom is -0.465 e. The van der Waals surface area contributed by atoms with Gasteiger partial charge in [0.05, 0.1) is 12.5 Å². The van der Waals surface area contributed by atoms with Crippen LogP contribution in [-0.4, -0.2) is 82.3 Å². The van der Waals surface area contributed by atoms with Gasteiger partial charge in [-0.3, -0.25) is 14.4 Å². The Morgan fingerprint density at radius 3 is 2.59 bits per heavy atom. The first-order valence-corrected chi connectivity index (χ1v) is 12.8. The van der Waals surface area contributed by atoms with E-state index in [1.807, 2.05) is 45.1 Å². The van der Waals surface area contributed by atoms with Gasteiger partial charge in [-0.1, -0.05) is 31.2 Å². The highest BCUT2D eigenvalue weighted by molar-refractivity contribution is 5.99. The maximum atomic E-state index is 14.0. The zero-order chi connectivity index (χ0) is 24.5. The molecule has 2 fully saturated rings. The van der Waals surface area contributed by atoms with Crippen LogP contribution in [0.25, 0.3) is 0 Å². The van der Waals surface area contributed by atoms with Crippen LogP contribution in [0.5, 0.6) is 0 Å². The molecule has 34 heavy (non-hydrogen) atoms. The number of hydrogen-bond donors (Lipinski definition) is 1. The predicted molar refractivity (Wildman–Crippen MR) is 126 cm³/mol. The number of carbonyl (C=O) groups excluding carboxylic acids is 3. The van der Waals surface area contributed by atoms with Gasteiger partial charge in [0.1, 0.15) is 23.2 Å². The first kappa shape index (κ1) is 24.9. The summed E-state index contributed by atoms with van der Waals surface area (Å²) < 4.78 is 12.5. The van der Waals surface area contributed by atoms with Gasteiger partial charge in [-0.05, 0) is 52.4 Å². The van der Waals surface area contributed by atoms with Crippen molar-refractivity contribution in [2.24, 2.45) is 11.8 Å². The quantitative estimate of drug-likeness (QED) is 0.345. The number of fused-ring (bicyclic) bond motifs is 2. The van der Waals surface area contributed by atoms with Crippen molar-refractivity contribution in [3.63, 3.8) is 0 Å². The van der Waals surface area contributed by atoms with Crippen molar-refractivity contribution in [3.8, 4) is 0 Å². The standard InChI is InChI=1S/C26H38N2O6/c1-4-25-12-7-5-10-17-33-24(32)20(25)19-22(30)28(14-8-6-9-16-29)21-23(31)27(18(2)3)15-11-13-26(19,21)34-25/h7,11-13,18-21,29H,4-6,8-10,14-17H2,1-3H3/b12-7-/t19-,20-,21?,25+,26-/m0/s1. The molecule has 1 N–H and O–H groups in total. The molecule has 0 aliphatic carbocycles. The molecule has 0 saturated carbocycles. The van der Waals surface area contributed by atoms with Crippen molar-refractivity contribution >= 4 is 17.8 Å². The van der Waals surface area contributed by atoms with Gasteiger partial charge in [0.15, 0.2) is 0 Å². The number of aliphatic hydroxyl groups is 1. The Labute approximate surface area is 201 Å². The first-order valence-electron chi connectivity index (χ1n) is 12.8. The van der Waals surface area contributed by atoms with E-state index < -0.39 is 35.0 Å². The van der Waals surface area contributed by atoms with Gasteiger partial charge in [0.25, 0.3) is 0 Å². The number of aliphatic hydroxyl groups excluding tert-OH is 1. The second-order valence-electron chi connectivity index (χ2n) is 10.1. The van der Waals surface area contributed by atoms with Gasteiger partial charge >= 0.3 is 5.97 Å². The molecule has 188 valence electrons. The number of nitrogens with zero attached hydrogens (tertiary/aromatic N) is 2. The molecule has 1 spiro atoms. The van der Waals surface area contributed by atoms with Gasteiger partial charge in [-0.25, -0.2) is 0 Å². The maximum absolute atomic E-state index is 14.0. The number of cyclic esters (lactones) is 1. The number of carbonyl (C=O) groups is 3. The van der Waals surface area contributed by atoms with Crippen LogP contribution in [-0.2, 0) is 23.9 Å². The lowest BCUT2D eigenvalue weighted by Crippen LogP contribution is -2.57. The Morgan fingerprint density at radius 2 is 1.88 bits per heavy atom. The molecule has 2 amide bonds. The number of amides is 2. The molecule has 8 heteroatoms. The monoisotopic (exact) mass is 474 g/mol. The molecule has 0 aromatic carbocycles. The minimum atomic E-state index is -1.22. The first-order chi connectivity index (χ1) is 16.3. The lowest BCUT2D eigenvalue weighted by molar-refractivity contribution is -0.161. The van der Waals surface area contributed by atoms with Gasteiger partial charge in [-0.2, -0.15) is 0 Å². The van der Waals surface area contributed by atoms with Gasteiger partial charge in [0, 0.05) is 25.7 Å². The van der Waals surface area contributed by atoms with Crippen LogP contribution in [0.15, 0.2) is 24.3 Å². The highest BCUT2D eigenvalue weighted by Gasteiger charge is 2.75. The fourth-order valence-electron chi connectivity index (χ4n) is 6.17. The molecule has 2 saturated heterocycles. The number of esters is 1. The van der Waals surface area contributed by atoms with Crippen LogP contribution in [0.1, 0.15) is 59.3 Å².